The Hall–Kier alpha value is -0.0100. The average molecular weight is 319 g/mol. The van der Waals surface area contributed by atoms with E-state index in [-0.39, 0.29) is 11.6 Å². The topological polar surface area (TPSA) is 33.1 Å². The van der Waals surface area contributed by atoms with Crippen LogP contribution >= 0.6 is 34.2 Å². The van der Waals surface area contributed by atoms with Gasteiger partial charge in [0.25, 0.3) is 6.43 Å². The molecule has 1 N–H and O–H groups in total. The van der Waals surface area contributed by atoms with Gasteiger partial charge in [-0.05, 0) is 22.6 Å². The lowest BCUT2D eigenvalue weighted by Gasteiger charge is -2.06. The van der Waals surface area contributed by atoms with Gasteiger partial charge in [-0.15, -0.1) is 0 Å². The van der Waals surface area contributed by atoms with E-state index in [0.29, 0.717) is 9.13 Å². The molecule has 0 fully saturated rings. The second-order valence-corrected chi connectivity index (χ2v) is 3.71. The zero-order valence-corrected chi connectivity index (χ0v) is 9.18. The lowest BCUT2D eigenvalue weighted by Crippen LogP contribution is -1.98. The molecule has 6 heteroatoms. The normalized spacial score (nSPS) is 10.9. The van der Waals surface area contributed by atoms with Crippen LogP contribution in [0.2, 0.25) is 5.02 Å². The summed E-state index contributed by atoms with van der Waals surface area (Å²) in [6.07, 6.45) is -1.48. The molecular formula is C7H5ClF2INO. The van der Waals surface area contributed by atoms with Crippen LogP contribution in [0.1, 0.15) is 17.7 Å². The predicted octanol–water partition coefficient (Wildman–Crippen LogP) is 2.77. The first-order valence-corrected chi connectivity index (χ1v) is 4.75. The molecule has 13 heavy (non-hydrogen) atoms. The number of hydrogen-bond acceptors (Lipinski definition) is 2. The number of rotatable bonds is 2. The summed E-state index contributed by atoms with van der Waals surface area (Å²) in [6, 6.07) is 0. The van der Waals surface area contributed by atoms with Crippen LogP contribution < -0.4 is 0 Å². The van der Waals surface area contributed by atoms with E-state index in [4.69, 9.17) is 16.7 Å². The van der Waals surface area contributed by atoms with Gasteiger partial charge < -0.3 is 5.11 Å². The van der Waals surface area contributed by atoms with Crippen LogP contribution in [0.3, 0.4) is 0 Å². The summed E-state index contributed by atoms with van der Waals surface area (Å²) < 4.78 is 24.9. The fourth-order valence-corrected chi connectivity index (χ4v) is 1.62. The van der Waals surface area contributed by atoms with E-state index in [1.165, 1.54) is 6.20 Å². The molecule has 0 aliphatic carbocycles. The van der Waals surface area contributed by atoms with Crippen molar-refractivity contribution in [2.45, 2.75) is 13.0 Å². The highest BCUT2D eigenvalue weighted by Crippen LogP contribution is 2.30. The number of alkyl halides is 2. The van der Waals surface area contributed by atoms with Gasteiger partial charge in [-0.2, -0.15) is 0 Å². The Balaban J connectivity index is 3.23. The van der Waals surface area contributed by atoms with Crippen molar-refractivity contribution in [2.75, 3.05) is 0 Å². The van der Waals surface area contributed by atoms with Crippen LogP contribution in [0.5, 0.6) is 0 Å². The maximum Gasteiger partial charge on any atom is 0.281 e. The molecule has 0 aliphatic rings. The molecule has 1 heterocycles. The third-order valence-corrected chi connectivity index (χ3v) is 3.37. The Bertz CT molecular complexity index is 322. The molecule has 0 spiro atoms. The molecule has 0 aromatic carbocycles. The Kier molecular flexibility index (Phi) is 3.81. The lowest BCUT2D eigenvalue weighted by atomic mass is 10.2. The van der Waals surface area contributed by atoms with Crippen molar-refractivity contribution in [2.24, 2.45) is 0 Å². The summed E-state index contributed by atoms with van der Waals surface area (Å²) in [5.74, 6) is 0. The Labute approximate surface area is 92.1 Å². The van der Waals surface area contributed by atoms with Crippen LogP contribution in [0.4, 0.5) is 8.78 Å². The van der Waals surface area contributed by atoms with Gasteiger partial charge in [0.15, 0.2) is 0 Å². The van der Waals surface area contributed by atoms with E-state index in [2.05, 4.69) is 4.98 Å². The molecule has 1 rings (SSSR count). The van der Waals surface area contributed by atoms with Crippen molar-refractivity contribution < 1.29 is 13.9 Å². The number of pyridine rings is 1. The summed E-state index contributed by atoms with van der Waals surface area (Å²) in [5, 5.41) is 8.70. The van der Waals surface area contributed by atoms with Gasteiger partial charge in [-0.3, -0.25) is 4.98 Å². The molecule has 72 valence electrons. The summed E-state index contributed by atoms with van der Waals surface area (Å²) in [6.45, 7) is -0.255. The second-order valence-electron chi connectivity index (χ2n) is 2.26. The fourth-order valence-electron chi connectivity index (χ4n) is 0.777. The highest BCUT2D eigenvalue weighted by molar-refractivity contribution is 14.1. The molecule has 0 radical (unpaired) electrons. The van der Waals surface area contributed by atoms with Gasteiger partial charge in [0, 0.05) is 15.3 Å². The van der Waals surface area contributed by atoms with Crippen molar-refractivity contribution in [1.29, 1.82) is 0 Å². The minimum atomic E-state index is -2.69. The number of hydrogen-bond donors (Lipinski definition) is 1. The first-order valence-electron chi connectivity index (χ1n) is 3.29. The van der Waals surface area contributed by atoms with Gasteiger partial charge in [0.1, 0.15) is 5.69 Å². The van der Waals surface area contributed by atoms with E-state index >= 15 is 0 Å². The zero-order chi connectivity index (χ0) is 10.0. The van der Waals surface area contributed by atoms with Crippen LogP contribution in [0.15, 0.2) is 6.20 Å². The van der Waals surface area contributed by atoms with Crippen LogP contribution in [-0.2, 0) is 6.61 Å². The third-order valence-electron chi connectivity index (χ3n) is 1.44. The van der Waals surface area contributed by atoms with Crippen molar-refractivity contribution >= 4 is 34.2 Å². The van der Waals surface area contributed by atoms with Gasteiger partial charge in [0.2, 0.25) is 0 Å². The van der Waals surface area contributed by atoms with Crippen LogP contribution in [0.25, 0.3) is 0 Å². The van der Waals surface area contributed by atoms with Crippen molar-refractivity contribution in [3.05, 3.63) is 26.0 Å². The van der Waals surface area contributed by atoms with E-state index in [9.17, 15) is 8.78 Å². The zero-order valence-electron chi connectivity index (χ0n) is 6.27. The van der Waals surface area contributed by atoms with E-state index in [1.807, 2.05) is 0 Å². The smallest absolute Gasteiger partial charge is 0.281 e. The quantitative estimate of drug-likeness (QED) is 0.850. The average Bonchev–Trinajstić information content (AvgIpc) is 2.09. The Morgan fingerprint density at radius 1 is 1.62 bits per heavy atom. The minimum absolute atomic E-state index is 0.0813. The predicted molar refractivity (Wildman–Crippen MR) is 52.8 cm³/mol. The van der Waals surface area contributed by atoms with Crippen LogP contribution in [-0.4, -0.2) is 10.1 Å². The highest BCUT2D eigenvalue weighted by atomic mass is 127. The molecule has 2 nitrogen and oxygen atoms in total. The Morgan fingerprint density at radius 2 is 2.23 bits per heavy atom. The molecule has 0 amide bonds. The van der Waals surface area contributed by atoms with Crippen LogP contribution in [0, 0.1) is 3.57 Å². The van der Waals surface area contributed by atoms with E-state index in [1.54, 1.807) is 22.6 Å². The Morgan fingerprint density at radius 3 is 2.69 bits per heavy atom. The van der Waals surface area contributed by atoms with Crippen molar-refractivity contribution in [3.63, 3.8) is 0 Å². The van der Waals surface area contributed by atoms with Gasteiger partial charge in [-0.1, -0.05) is 11.6 Å². The van der Waals surface area contributed by atoms with E-state index in [0.717, 1.165) is 0 Å². The maximum absolute atomic E-state index is 12.2. The van der Waals surface area contributed by atoms with Gasteiger partial charge in [-0.25, -0.2) is 8.78 Å². The number of aliphatic hydroxyl groups is 1. The third kappa shape index (κ3) is 2.26. The standard InChI is InChI=1S/C7H5ClF2INO/c8-4-5(11)3(2-13)1-12-6(4)7(9)10/h1,7,13H,2H2. The maximum atomic E-state index is 12.2. The SMILES string of the molecule is OCc1cnc(C(F)F)c(Cl)c1I. The highest BCUT2D eigenvalue weighted by Gasteiger charge is 2.17. The molecule has 1 aromatic rings. The molecular weight excluding hydrogens is 314 g/mol. The lowest BCUT2D eigenvalue weighted by molar-refractivity contribution is 0.146. The van der Waals surface area contributed by atoms with Crippen molar-refractivity contribution in [3.8, 4) is 0 Å². The first-order chi connectivity index (χ1) is 6.07. The first kappa shape index (κ1) is 11.1. The summed E-state index contributed by atoms with van der Waals surface area (Å²) in [4.78, 5) is 3.46. The number of aliphatic hydroxyl groups excluding tert-OH is 1. The van der Waals surface area contributed by atoms with Crippen molar-refractivity contribution in [1.82, 2.24) is 4.98 Å². The summed E-state index contributed by atoms with van der Waals surface area (Å²) >= 11 is 7.41. The molecule has 0 aliphatic heterocycles. The molecule has 1 aromatic heterocycles. The second kappa shape index (κ2) is 4.47. The summed E-state index contributed by atoms with van der Waals surface area (Å²) in [7, 11) is 0. The molecule has 0 bridgehead atoms. The summed E-state index contributed by atoms with van der Waals surface area (Å²) in [5.41, 5.74) is 0.0123. The number of halogens is 4. The van der Waals surface area contributed by atoms with E-state index < -0.39 is 12.1 Å². The molecule has 0 saturated heterocycles. The molecule has 0 atom stereocenters. The molecule has 0 unspecified atom stereocenters. The van der Waals surface area contributed by atoms with Gasteiger partial charge in [0.05, 0.1) is 11.6 Å². The minimum Gasteiger partial charge on any atom is -0.392 e. The monoisotopic (exact) mass is 319 g/mol. The fraction of sp³-hybridized carbons (Fsp3) is 0.286. The number of nitrogens with zero attached hydrogens (tertiary/aromatic N) is 1. The number of aromatic nitrogens is 1. The van der Waals surface area contributed by atoms with Gasteiger partial charge >= 0.3 is 0 Å². The molecule has 0 saturated carbocycles. The largest absolute Gasteiger partial charge is 0.392 e.